The van der Waals surface area contributed by atoms with E-state index < -0.39 is 24.5 Å². The zero-order valence-corrected chi connectivity index (χ0v) is 16.2. The van der Waals surface area contributed by atoms with Crippen molar-refractivity contribution >= 4 is 17.9 Å². The Labute approximate surface area is 173 Å². The van der Waals surface area contributed by atoms with Crippen molar-refractivity contribution in [3.63, 3.8) is 0 Å². The molecule has 0 fully saturated rings. The fourth-order valence-corrected chi connectivity index (χ4v) is 2.23. The lowest BCUT2D eigenvalue weighted by Gasteiger charge is -2.08. The van der Waals surface area contributed by atoms with E-state index in [1.165, 1.54) is 24.3 Å². The maximum absolute atomic E-state index is 12.2. The number of carbonyl (C=O) groups excluding carboxylic acids is 2. The molecule has 0 saturated carbocycles. The molecule has 2 aromatic rings. The Morgan fingerprint density at radius 3 is 2.03 bits per heavy atom. The molecule has 2 rings (SSSR count). The van der Waals surface area contributed by atoms with E-state index in [0.717, 1.165) is 6.08 Å². The third-order valence-electron chi connectivity index (χ3n) is 3.71. The number of aliphatic carboxylic acids is 1. The van der Waals surface area contributed by atoms with E-state index in [1.807, 2.05) is 0 Å². The number of ether oxygens (including phenoxy) is 4. The van der Waals surface area contributed by atoms with Crippen molar-refractivity contribution in [2.75, 3.05) is 19.8 Å². The molecule has 0 atom stereocenters. The van der Waals surface area contributed by atoms with E-state index in [4.69, 9.17) is 24.1 Å². The number of carbonyl (C=O) groups is 3. The Balaban J connectivity index is 1.74. The average Bonchev–Trinajstić information content (AvgIpc) is 2.75. The lowest BCUT2D eigenvalue weighted by molar-refractivity contribution is -0.139. The molecule has 2 aromatic carbocycles. The van der Waals surface area contributed by atoms with Crippen LogP contribution in [0.2, 0.25) is 0 Å². The van der Waals surface area contributed by atoms with Crippen molar-refractivity contribution in [3.8, 4) is 17.2 Å². The molecule has 0 radical (unpaired) electrons. The smallest absolute Gasteiger partial charge is 0.343 e. The first-order valence-electron chi connectivity index (χ1n) is 9.17. The van der Waals surface area contributed by atoms with Gasteiger partial charge < -0.3 is 24.1 Å². The lowest BCUT2D eigenvalue weighted by atomic mass is 10.2. The number of unbranched alkanes of at least 4 members (excludes halogenated alkanes) is 1. The zero-order chi connectivity index (χ0) is 21.8. The summed E-state index contributed by atoms with van der Waals surface area (Å²) in [4.78, 5) is 33.6. The van der Waals surface area contributed by atoms with Crippen LogP contribution < -0.4 is 14.2 Å². The third-order valence-corrected chi connectivity index (χ3v) is 3.71. The van der Waals surface area contributed by atoms with Crippen LogP contribution >= 0.6 is 0 Å². The highest BCUT2D eigenvalue weighted by atomic mass is 16.5. The van der Waals surface area contributed by atoms with Gasteiger partial charge in [-0.15, -0.1) is 0 Å². The van der Waals surface area contributed by atoms with Crippen LogP contribution in [0.4, 0.5) is 0 Å². The Hall–Kier alpha value is -3.81. The van der Waals surface area contributed by atoms with Gasteiger partial charge in [0.05, 0.1) is 18.8 Å². The predicted molar refractivity (Wildman–Crippen MR) is 107 cm³/mol. The number of esters is 2. The summed E-state index contributed by atoms with van der Waals surface area (Å²) in [5.41, 5.74) is 0.352. The first-order valence-corrected chi connectivity index (χ1v) is 9.17. The molecular weight excluding hydrogens is 392 g/mol. The summed E-state index contributed by atoms with van der Waals surface area (Å²) < 4.78 is 20.7. The number of hydrogen-bond donors (Lipinski definition) is 1. The maximum atomic E-state index is 12.2. The molecule has 0 spiro atoms. The summed E-state index contributed by atoms with van der Waals surface area (Å²) >= 11 is 0. The van der Waals surface area contributed by atoms with Crippen LogP contribution in [0.3, 0.4) is 0 Å². The normalized spacial score (nSPS) is 10.0. The Morgan fingerprint density at radius 2 is 1.40 bits per heavy atom. The van der Waals surface area contributed by atoms with E-state index in [2.05, 4.69) is 6.58 Å². The SMILES string of the molecule is C=CC(=O)OCCCCOc1ccc(C(=O)Oc2ccc(OCC(=O)O)cc2)cc1. The number of carboxylic acids is 1. The fraction of sp³-hybridized carbons (Fsp3) is 0.227. The monoisotopic (exact) mass is 414 g/mol. The third kappa shape index (κ3) is 8.05. The van der Waals surface area contributed by atoms with E-state index in [9.17, 15) is 14.4 Å². The predicted octanol–water partition coefficient (Wildman–Crippen LogP) is 3.26. The van der Waals surface area contributed by atoms with Gasteiger partial charge in [-0.25, -0.2) is 14.4 Å². The van der Waals surface area contributed by atoms with Gasteiger partial charge in [0.1, 0.15) is 17.2 Å². The highest BCUT2D eigenvalue weighted by Crippen LogP contribution is 2.19. The van der Waals surface area contributed by atoms with Crippen molar-refractivity contribution in [1.29, 1.82) is 0 Å². The van der Waals surface area contributed by atoms with Gasteiger partial charge in [-0.1, -0.05) is 6.58 Å². The van der Waals surface area contributed by atoms with Crippen LogP contribution in [0.25, 0.3) is 0 Å². The molecule has 30 heavy (non-hydrogen) atoms. The minimum atomic E-state index is -1.08. The first kappa shape index (κ1) is 22.5. The van der Waals surface area contributed by atoms with Crippen LogP contribution in [0.1, 0.15) is 23.2 Å². The molecule has 0 aliphatic rings. The Kier molecular flexibility index (Phi) is 8.92. The van der Waals surface area contributed by atoms with Gasteiger partial charge >= 0.3 is 17.9 Å². The van der Waals surface area contributed by atoms with Gasteiger partial charge in [-0.2, -0.15) is 0 Å². The van der Waals surface area contributed by atoms with E-state index >= 15 is 0 Å². The number of carboxylic acid groups (broad SMARTS) is 1. The fourth-order valence-electron chi connectivity index (χ4n) is 2.23. The van der Waals surface area contributed by atoms with Crippen LogP contribution in [-0.2, 0) is 14.3 Å². The second-order valence-corrected chi connectivity index (χ2v) is 5.99. The van der Waals surface area contributed by atoms with Crippen molar-refractivity contribution in [3.05, 3.63) is 66.7 Å². The molecule has 8 heteroatoms. The molecule has 8 nitrogen and oxygen atoms in total. The molecule has 0 aliphatic heterocycles. The molecular formula is C22H22O8. The largest absolute Gasteiger partial charge is 0.494 e. The molecule has 0 saturated heterocycles. The number of benzene rings is 2. The molecule has 0 amide bonds. The van der Waals surface area contributed by atoms with Crippen molar-refractivity contribution in [2.45, 2.75) is 12.8 Å². The minimum Gasteiger partial charge on any atom is -0.494 e. The first-order chi connectivity index (χ1) is 14.5. The molecule has 0 unspecified atom stereocenters. The molecule has 0 aliphatic carbocycles. The Bertz CT molecular complexity index is 856. The lowest BCUT2D eigenvalue weighted by Crippen LogP contribution is -2.10. The van der Waals surface area contributed by atoms with Crippen LogP contribution in [0.5, 0.6) is 17.2 Å². The quantitative estimate of drug-likeness (QED) is 0.244. The van der Waals surface area contributed by atoms with Crippen molar-refractivity contribution in [1.82, 2.24) is 0 Å². The molecule has 0 heterocycles. The topological polar surface area (TPSA) is 108 Å². The van der Waals surface area contributed by atoms with Gasteiger partial charge in [0.25, 0.3) is 0 Å². The van der Waals surface area contributed by atoms with Crippen LogP contribution in [0.15, 0.2) is 61.2 Å². The standard InChI is InChI=1S/C22H22O8/c1-2-21(25)28-14-4-3-13-27-17-7-5-16(6-8-17)22(26)30-19-11-9-18(10-12-19)29-15-20(23)24/h2,5-12H,1,3-4,13-15H2,(H,23,24). The van der Waals surface area contributed by atoms with Crippen LogP contribution in [0, 0.1) is 0 Å². The van der Waals surface area contributed by atoms with E-state index in [1.54, 1.807) is 24.3 Å². The summed E-state index contributed by atoms with van der Waals surface area (Å²) in [7, 11) is 0. The van der Waals surface area contributed by atoms with E-state index in [0.29, 0.717) is 48.9 Å². The van der Waals surface area contributed by atoms with Gasteiger partial charge in [0, 0.05) is 6.08 Å². The summed E-state index contributed by atoms with van der Waals surface area (Å²) in [5.74, 6) is -0.787. The molecule has 158 valence electrons. The van der Waals surface area contributed by atoms with Gasteiger partial charge in [0.15, 0.2) is 6.61 Å². The van der Waals surface area contributed by atoms with Gasteiger partial charge in [-0.3, -0.25) is 0 Å². The van der Waals surface area contributed by atoms with Gasteiger partial charge in [-0.05, 0) is 61.4 Å². The molecule has 0 aromatic heterocycles. The maximum Gasteiger partial charge on any atom is 0.343 e. The molecule has 1 N–H and O–H groups in total. The van der Waals surface area contributed by atoms with Crippen LogP contribution in [-0.4, -0.2) is 42.8 Å². The zero-order valence-electron chi connectivity index (χ0n) is 16.2. The highest BCUT2D eigenvalue weighted by Gasteiger charge is 2.09. The minimum absolute atomic E-state index is 0.306. The van der Waals surface area contributed by atoms with E-state index in [-0.39, 0.29) is 0 Å². The molecule has 0 bridgehead atoms. The van der Waals surface area contributed by atoms with Crippen molar-refractivity contribution in [2.24, 2.45) is 0 Å². The summed E-state index contributed by atoms with van der Waals surface area (Å²) in [6, 6.07) is 12.6. The summed E-state index contributed by atoms with van der Waals surface area (Å²) in [6.45, 7) is 3.63. The Morgan fingerprint density at radius 1 is 0.833 bits per heavy atom. The highest BCUT2D eigenvalue weighted by molar-refractivity contribution is 5.91. The average molecular weight is 414 g/mol. The van der Waals surface area contributed by atoms with Gasteiger partial charge in [0.2, 0.25) is 0 Å². The number of hydrogen-bond acceptors (Lipinski definition) is 7. The second kappa shape index (κ2) is 11.9. The number of rotatable bonds is 12. The van der Waals surface area contributed by atoms with Crippen molar-refractivity contribution < 1.29 is 38.4 Å². The summed E-state index contributed by atoms with van der Waals surface area (Å²) in [5, 5.41) is 8.58. The summed E-state index contributed by atoms with van der Waals surface area (Å²) in [6.07, 6.45) is 2.50. The second-order valence-electron chi connectivity index (χ2n) is 5.99.